The number of anilines is 1. The predicted octanol–water partition coefficient (Wildman–Crippen LogP) is 5.95. The van der Waals surface area contributed by atoms with Gasteiger partial charge in [0.2, 0.25) is 0 Å². The Labute approximate surface area is 195 Å². The molecule has 0 saturated carbocycles. The van der Waals surface area contributed by atoms with Crippen molar-refractivity contribution in [2.24, 2.45) is 0 Å². The summed E-state index contributed by atoms with van der Waals surface area (Å²) in [7, 11) is 0. The fourth-order valence-corrected chi connectivity index (χ4v) is 5.73. The number of fused-ring (bicyclic) bond motifs is 2. The third-order valence-corrected chi connectivity index (χ3v) is 7.29. The third kappa shape index (κ3) is 4.20. The Bertz CT molecular complexity index is 1190. The molecule has 0 atom stereocenters. The van der Waals surface area contributed by atoms with Crippen molar-refractivity contribution >= 4 is 11.6 Å². The molecule has 0 bridgehead atoms. The molecule has 2 aliphatic rings. The van der Waals surface area contributed by atoms with Gasteiger partial charge in [0.25, 0.3) is 5.91 Å². The van der Waals surface area contributed by atoms with E-state index in [4.69, 9.17) is 0 Å². The average molecular weight is 443 g/mol. The van der Waals surface area contributed by atoms with Gasteiger partial charge in [0.05, 0.1) is 0 Å². The molecule has 2 aliphatic heterocycles. The second kappa shape index (κ2) is 8.42. The molecule has 33 heavy (non-hydrogen) atoms. The molecule has 3 aromatic rings. The van der Waals surface area contributed by atoms with Crippen LogP contribution in [0.3, 0.4) is 0 Å². The SMILES string of the molecule is Cc1cc(C)cc(CN2CCC3(CC2)CN(C(=O)c2cccc(F)c2)c2ccc(C)cc23)c1. The maximum atomic E-state index is 13.8. The maximum Gasteiger partial charge on any atom is 0.258 e. The fourth-order valence-electron chi connectivity index (χ4n) is 5.73. The highest BCUT2D eigenvalue weighted by atomic mass is 19.1. The van der Waals surface area contributed by atoms with E-state index in [1.54, 1.807) is 12.1 Å². The molecule has 170 valence electrons. The molecule has 1 fully saturated rings. The first kappa shape index (κ1) is 21.8. The van der Waals surface area contributed by atoms with Gasteiger partial charge in [-0.05, 0) is 82.1 Å². The van der Waals surface area contributed by atoms with E-state index in [0.717, 1.165) is 38.2 Å². The fraction of sp³-hybridized carbons (Fsp3) is 0.345. The topological polar surface area (TPSA) is 23.6 Å². The molecule has 0 aliphatic carbocycles. The Morgan fingerprint density at radius 1 is 0.909 bits per heavy atom. The van der Waals surface area contributed by atoms with Gasteiger partial charge < -0.3 is 4.90 Å². The van der Waals surface area contributed by atoms with Gasteiger partial charge in [-0.1, -0.05) is 53.1 Å². The van der Waals surface area contributed by atoms with Crippen LogP contribution in [0.5, 0.6) is 0 Å². The summed E-state index contributed by atoms with van der Waals surface area (Å²) >= 11 is 0. The Morgan fingerprint density at radius 2 is 1.64 bits per heavy atom. The van der Waals surface area contributed by atoms with Crippen molar-refractivity contribution in [2.75, 3.05) is 24.5 Å². The van der Waals surface area contributed by atoms with Gasteiger partial charge in [0.15, 0.2) is 0 Å². The first-order valence-corrected chi connectivity index (χ1v) is 11.8. The van der Waals surface area contributed by atoms with Crippen molar-refractivity contribution < 1.29 is 9.18 Å². The van der Waals surface area contributed by atoms with E-state index in [1.807, 2.05) is 4.90 Å². The van der Waals surface area contributed by atoms with Gasteiger partial charge in [0.1, 0.15) is 5.82 Å². The van der Waals surface area contributed by atoms with E-state index in [0.29, 0.717) is 12.1 Å². The molecule has 0 aromatic heterocycles. The zero-order valence-corrected chi connectivity index (χ0v) is 19.7. The van der Waals surface area contributed by atoms with E-state index in [2.05, 4.69) is 62.1 Å². The minimum atomic E-state index is -0.376. The monoisotopic (exact) mass is 442 g/mol. The highest BCUT2D eigenvalue weighted by molar-refractivity contribution is 6.07. The summed E-state index contributed by atoms with van der Waals surface area (Å²) in [5.41, 5.74) is 7.83. The van der Waals surface area contributed by atoms with E-state index >= 15 is 0 Å². The number of carbonyl (C=O) groups excluding carboxylic acids is 1. The number of aryl methyl sites for hydroxylation is 3. The van der Waals surface area contributed by atoms with Crippen LogP contribution < -0.4 is 4.90 Å². The Balaban J connectivity index is 1.39. The van der Waals surface area contributed by atoms with E-state index in [9.17, 15) is 9.18 Å². The first-order chi connectivity index (χ1) is 15.8. The van der Waals surface area contributed by atoms with Crippen molar-refractivity contribution in [1.29, 1.82) is 0 Å². The summed E-state index contributed by atoms with van der Waals surface area (Å²) in [6.07, 6.45) is 2.03. The Morgan fingerprint density at radius 3 is 2.33 bits per heavy atom. The number of rotatable bonds is 3. The molecule has 3 aromatic carbocycles. The quantitative estimate of drug-likeness (QED) is 0.501. The minimum absolute atomic E-state index is 0.0383. The van der Waals surface area contributed by atoms with Crippen LogP contribution in [-0.4, -0.2) is 30.4 Å². The summed E-state index contributed by atoms with van der Waals surface area (Å²) in [6.45, 7) is 10.1. The third-order valence-electron chi connectivity index (χ3n) is 7.29. The summed E-state index contributed by atoms with van der Waals surface area (Å²) < 4.78 is 13.8. The molecule has 5 rings (SSSR count). The standard InChI is InChI=1S/C29H31FN2O/c1-20-7-8-27-26(16-20)29(19-32(27)28(33)24-5-4-6-25(30)17-24)9-11-31(12-10-29)18-23-14-21(2)13-22(3)15-23/h4-8,13-17H,9-12,18-19H2,1-3H3. The summed E-state index contributed by atoms with van der Waals surface area (Å²) in [5.74, 6) is -0.493. The van der Waals surface area contributed by atoms with Crippen molar-refractivity contribution in [3.63, 3.8) is 0 Å². The van der Waals surface area contributed by atoms with Gasteiger partial charge in [0, 0.05) is 29.8 Å². The number of nitrogens with zero attached hydrogens (tertiary/aromatic N) is 2. The largest absolute Gasteiger partial charge is 0.307 e. The van der Waals surface area contributed by atoms with Crippen LogP contribution >= 0.6 is 0 Å². The van der Waals surface area contributed by atoms with E-state index < -0.39 is 0 Å². The molecule has 2 heterocycles. The molecular weight excluding hydrogens is 411 g/mol. The lowest BCUT2D eigenvalue weighted by molar-refractivity contribution is 0.0975. The maximum absolute atomic E-state index is 13.8. The Kier molecular flexibility index (Phi) is 5.57. The lowest BCUT2D eigenvalue weighted by Gasteiger charge is -2.40. The lowest BCUT2D eigenvalue weighted by atomic mass is 9.74. The van der Waals surface area contributed by atoms with Crippen molar-refractivity contribution in [3.8, 4) is 0 Å². The molecule has 1 saturated heterocycles. The number of carbonyl (C=O) groups is 1. The molecular formula is C29H31FN2O. The van der Waals surface area contributed by atoms with Crippen LogP contribution in [0.15, 0.2) is 60.7 Å². The highest BCUT2D eigenvalue weighted by Gasteiger charge is 2.46. The van der Waals surface area contributed by atoms with Crippen molar-refractivity contribution in [1.82, 2.24) is 4.90 Å². The summed E-state index contributed by atoms with van der Waals surface area (Å²) in [5, 5.41) is 0. The van der Waals surface area contributed by atoms with Crippen LogP contribution in [0.4, 0.5) is 10.1 Å². The van der Waals surface area contributed by atoms with Crippen molar-refractivity contribution in [3.05, 3.63) is 99.9 Å². The first-order valence-electron chi connectivity index (χ1n) is 11.8. The molecule has 1 spiro atoms. The minimum Gasteiger partial charge on any atom is -0.307 e. The number of benzene rings is 3. The summed E-state index contributed by atoms with van der Waals surface area (Å²) in [4.78, 5) is 17.8. The Hall–Kier alpha value is -2.98. The van der Waals surface area contributed by atoms with Gasteiger partial charge in [-0.15, -0.1) is 0 Å². The highest BCUT2D eigenvalue weighted by Crippen LogP contribution is 2.48. The zero-order valence-electron chi connectivity index (χ0n) is 19.7. The number of hydrogen-bond donors (Lipinski definition) is 0. The van der Waals surface area contributed by atoms with Gasteiger partial charge >= 0.3 is 0 Å². The van der Waals surface area contributed by atoms with Crippen LogP contribution in [0, 0.1) is 26.6 Å². The number of hydrogen-bond acceptors (Lipinski definition) is 2. The summed E-state index contributed by atoms with van der Waals surface area (Å²) in [6, 6.07) is 19.2. The molecule has 0 N–H and O–H groups in total. The van der Waals surface area contributed by atoms with Gasteiger partial charge in [-0.25, -0.2) is 4.39 Å². The van der Waals surface area contributed by atoms with E-state index in [-0.39, 0.29) is 17.1 Å². The molecule has 3 nitrogen and oxygen atoms in total. The van der Waals surface area contributed by atoms with E-state index in [1.165, 1.54) is 39.9 Å². The molecule has 0 radical (unpaired) electrons. The second-order valence-electron chi connectivity index (χ2n) is 9.97. The smallest absolute Gasteiger partial charge is 0.258 e. The molecule has 4 heteroatoms. The van der Waals surface area contributed by atoms with Gasteiger partial charge in [-0.3, -0.25) is 9.69 Å². The molecule has 0 unspecified atom stereocenters. The van der Waals surface area contributed by atoms with Crippen molar-refractivity contribution in [2.45, 2.75) is 45.6 Å². The normalized spacial score (nSPS) is 17.4. The van der Waals surface area contributed by atoms with Gasteiger partial charge in [-0.2, -0.15) is 0 Å². The van der Waals surface area contributed by atoms with Crippen LogP contribution in [0.25, 0.3) is 0 Å². The average Bonchev–Trinajstić information content (AvgIpc) is 3.07. The zero-order chi connectivity index (χ0) is 23.2. The number of piperidine rings is 1. The second-order valence-corrected chi connectivity index (χ2v) is 9.97. The lowest BCUT2D eigenvalue weighted by Crippen LogP contribution is -2.45. The number of halogens is 1. The predicted molar refractivity (Wildman–Crippen MR) is 131 cm³/mol. The van der Waals surface area contributed by atoms with Crippen LogP contribution in [0.1, 0.15) is 51.0 Å². The van der Waals surface area contributed by atoms with Crippen LogP contribution in [0.2, 0.25) is 0 Å². The number of likely N-dealkylation sites (tertiary alicyclic amines) is 1. The van der Waals surface area contributed by atoms with Crippen LogP contribution in [-0.2, 0) is 12.0 Å². The number of amides is 1. The molecule has 1 amide bonds.